The summed E-state index contributed by atoms with van der Waals surface area (Å²) in [7, 11) is 0. The van der Waals surface area contributed by atoms with Crippen molar-refractivity contribution in [2.45, 2.75) is 52.4 Å². The van der Waals surface area contributed by atoms with Gasteiger partial charge in [-0.25, -0.2) is 4.99 Å². The van der Waals surface area contributed by atoms with Crippen molar-refractivity contribution in [3.05, 3.63) is 70.8 Å². The van der Waals surface area contributed by atoms with Crippen LogP contribution in [0.2, 0.25) is 0 Å². The van der Waals surface area contributed by atoms with E-state index in [-0.39, 0.29) is 30.1 Å². The summed E-state index contributed by atoms with van der Waals surface area (Å²) in [4.78, 5) is 7.13. The Bertz CT molecular complexity index is 786. The van der Waals surface area contributed by atoms with Crippen LogP contribution in [0.25, 0.3) is 0 Å². The van der Waals surface area contributed by atoms with E-state index in [2.05, 4.69) is 77.9 Å². The van der Waals surface area contributed by atoms with E-state index in [9.17, 15) is 5.11 Å². The second-order valence-corrected chi connectivity index (χ2v) is 7.86. The van der Waals surface area contributed by atoms with E-state index in [1.807, 2.05) is 0 Å². The summed E-state index contributed by atoms with van der Waals surface area (Å²) in [6.07, 6.45) is 1.66. The van der Waals surface area contributed by atoms with Crippen LogP contribution < -0.4 is 10.6 Å². The van der Waals surface area contributed by atoms with Crippen molar-refractivity contribution >= 4 is 29.9 Å². The number of aliphatic hydroxyl groups is 1. The van der Waals surface area contributed by atoms with E-state index in [1.165, 1.54) is 22.3 Å². The Labute approximate surface area is 198 Å². The molecule has 1 aliphatic heterocycles. The number of likely N-dealkylation sites (tertiary alicyclic amines) is 1. The number of aliphatic imine (C=N–C) groups is 1. The van der Waals surface area contributed by atoms with Crippen LogP contribution >= 0.6 is 24.0 Å². The average Bonchev–Trinajstić information content (AvgIpc) is 2.73. The highest BCUT2D eigenvalue weighted by molar-refractivity contribution is 14.0. The predicted molar refractivity (Wildman–Crippen MR) is 135 cm³/mol. The number of nitrogens with zero attached hydrogens (tertiary/aromatic N) is 2. The molecule has 30 heavy (non-hydrogen) atoms. The van der Waals surface area contributed by atoms with Crippen LogP contribution in [-0.2, 0) is 19.6 Å². The van der Waals surface area contributed by atoms with Gasteiger partial charge in [-0.3, -0.25) is 4.90 Å². The van der Waals surface area contributed by atoms with Gasteiger partial charge in [0.05, 0.1) is 12.6 Å². The molecule has 0 atom stereocenters. The average molecular weight is 522 g/mol. The minimum Gasteiger partial charge on any atom is -0.393 e. The molecule has 0 aromatic heterocycles. The van der Waals surface area contributed by atoms with Gasteiger partial charge in [0, 0.05) is 32.7 Å². The fourth-order valence-corrected chi connectivity index (χ4v) is 3.61. The summed E-state index contributed by atoms with van der Waals surface area (Å²) in [5.74, 6) is 0.838. The van der Waals surface area contributed by atoms with Gasteiger partial charge in [0.25, 0.3) is 0 Å². The van der Waals surface area contributed by atoms with Crippen molar-refractivity contribution in [2.24, 2.45) is 4.99 Å². The van der Waals surface area contributed by atoms with Gasteiger partial charge in [-0.1, -0.05) is 54.1 Å². The lowest BCUT2D eigenvalue weighted by atomic mass is 10.1. The number of guanidine groups is 1. The van der Waals surface area contributed by atoms with Gasteiger partial charge in [0.15, 0.2) is 5.96 Å². The van der Waals surface area contributed by atoms with E-state index < -0.39 is 0 Å². The highest BCUT2D eigenvalue weighted by Crippen LogP contribution is 2.14. The summed E-state index contributed by atoms with van der Waals surface area (Å²) in [6, 6.07) is 17.3. The first-order chi connectivity index (χ1) is 14.1. The molecular formula is C24H35IN4O. The number of hydrogen-bond acceptors (Lipinski definition) is 3. The van der Waals surface area contributed by atoms with Crippen LogP contribution in [0.5, 0.6) is 0 Å². The van der Waals surface area contributed by atoms with E-state index in [0.29, 0.717) is 6.54 Å². The predicted octanol–water partition coefficient (Wildman–Crippen LogP) is 3.83. The molecule has 5 nitrogen and oxygen atoms in total. The minimum atomic E-state index is -0.113. The van der Waals surface area contributed by atoms with E-state index in [4.69, 9.17) is 4.99 Å². The Morgan fingerprint density at radius 2 is 1.73 bits per heavy atom. The molecule has 2 aromatic rings. The van der Waals surface area contributed by atoms with Crippen molar-refractivity contribution < 1.29 is 5.11 Å². The van der Waals surface area contributed by atoms with Crippen molar-refractivity contribution in [2.75, 3.05) is 19.6 Å². The van der Waals surface area contributed by atoms with Gasteiger partial charge < -0.3 is 15.7 Å². The molecule has 0 spiro atoms. The largest absolute Gasteiger partial charge is 0.393 e. The first kappa shape index (κ1) is 24.6. The van der Waals surface area contributed by atoms with Gasteiger partial charge >= 0.3 is 0 Å². The Morgan fingerprint density at radius 3 is 2.40 bits per heavy atom. The van der Waals surface area contributed by atoms with Crippen LogP contribution in [-0.4, -0.2) is 41.7 Å². The molecule has 0 unspecified atom stereocenters. The number of rotatable bonds is 7. The standard InChI is InChI=1S/C24H34N4O.HI/c1-3-25-24(27-17-22-6-4-5-19(2)15-22)26-16-20-7-9-21(10-8-20)18-28-13-11-23(29)12-14-28;/h4-10,15,23,29H,3,11-14,16-18H2,1-2H3,(H2,25,26,27);1H. The lowest BCUT2D eigenvalue weighted by Crippen LogP contribution is -2.36. The molecule has 0 amide bonds. The first-order valence-corrected chi connectivity index (χ1v) is 10.7. The molecule has 2 aromatic carbocycles. The van der Waals surface area contributed by atoms with Crippen molar-refractivity contribution in [1.82, 2.24) is 15.5 Å². The molecule has 1 aliphatic rings. The fourth-order valence-electron chi connectivity index (χ4n) is 3.61. The second kappa shape index (κ2) is 12.9. The highest BCUT2D eigenvalue weighted by Gasteiger charge is 2.16. The summed E-state index contributed by atoms with van der Waals surface area (Å²) < 4.78 is 0. The quantitative estimate of drug-likeness (QED) is 0.294. The Balaban J connectivity index is 0.00000320. The lowest BCUT2D eigenvalue weighted by molar-refractivity contribution is 0.0792. The zero-order valence-electron chi connectivity index (χ0n) is 18.1. The molecular weight excluding hydrogens is 487 g/mol. The summed E-state index contributed by atoms with van der Waals surface area (Å²) in [6.45, 7) is 9.36. The monoisotopic (exact) mass is 522 g/mol. The molecule has 1 saturated heterocycles. The van der Waals surface area contributed by atoms with Gasteiger partial charge in [-0.05, 0) is 43.4 Å². The number of nitrogens with one attached hydrogen (secondary N) is 2. The molecule has 164 valence electrons. The molecule has 0 radical (unpaired) electrons. The van der Waals surface area contributed by atoms with Crippen molar-refractivity contribution in [3.63, 3.8) is 0 Å². The van der Waals surface area contributed by atoms with Gasteiger partial charge in [0.2, 0.25) is 0 Å². The van der Waals surface area contributed by atoms with Gasteiger partial charge in [-0.2, -0.15) is 0 Å². The number of halogens is 1. The Kier molecular flexibility index (Phi) is 10.6. The van der Waals surface area contributed by atoms with Gasteiger partial charge in [0.1, 0.15) is 0 Å². The van der Waals surface area contributed by atoms with Crippen molar-refractivity contribution in [3.8, 4) is 0 Å². The van der Waals surface area contributed by atoms with E-state index in [0.717, 1.165) is 51.5 Å². The number of aryl methyl sites for hydroxylation is 1. The Morgan fingerprint density at radius 1 is 1.03 bits per heavy atom. The van der Waals surface area contributed by atoms with Crippen LogP contribution in [0.3, 0.4) is 0 Å². The molecule has 6 heteroatoms. The molecule has 3 N–H and O–H groups in total. The molecule has 0 aliphatic carbocycles. The third-order valence-electron chi connectivity index (χ3n) is 5.29. The van der Waals surface area contributed by atoms with Crippen LogP contribution in [0.4, 0.5) is 0 Å². The molecule has 0 saturated carbocycles. The minimum absolute atomic E-state index is 0. The number of aliphatic hydroxyl groups excluding tert-OH is 1. The number of benzene rings is 2. The van der Waals surface area contributed by atoms with Crippen molar-refractivity contribution in [1.29, 1.82) is 0 Å². The number of hydrogen-bond donors (Lipinski definition) is 3. The maximum absolute atomic E-state index is 9.64. The fraction of sp³-hybridized carbons (Fsp3) is 0.458. The summed E-state index contributed by atoms with van der Waals surface area (Å²) in [5.41, 5.74) is 5.04. The first-order valence-electron chi connectivity index (χ1n) is 10.7. The third-order valence-corrected chi connectivity index (χ3v) is 5.29. The zero-order valence-corrected chi connectivity index (χ0v) is 20.4. The topological polar surface area (TPSA) is 59.9 Å². The zero-order chi connectivity index (χ0) is 20.5. The molecule has 0 bridgehead atoms. The van der Waals surface area contributed by atoms with E-state index >= 15 is 0 Å². The maximum Gasteiger partial charge on any atom is 0.191 e. The summed E-state index contributed by atoms with van der Waals surface area (Å²) in [5, 5.41) is 16.4. The number of piperidine rings is 1. The van der Waals surface area contributed by atoms with Crippen LogP contribution in [0, 0.1) is 6.92 Å². The molecule has 1 fully saturated rings. The van der Waals surface area contributed by atoms with Gasteiger partial charge in [-0.15, -0.1) is 24.0 Å². The van der Waals surface area contributed by atoms with Crippen LogP contribution in [0.1, 0.15) is 42.0 Å². The Hall–Kier alpha value is -1.64. The molecule has 3 rings (SSSR count). The highest BCUT2D eigenvalue weighted by atomic mass is 127. The summed E-state index contributed by atoms with van der Waals surface area (Å²) >= 11 is 0. The smallest absolute Gasteiger partial charge is 0.191 e. The van der Waals surface area contributed by atoms with Crippen LogP contribution in [0.15, 0.2) is 53.5 Å². The second-order valence-electron chi connectivity index (χ2n) is 7.86. The SMILES string of the molecule is CCNC(=NCc1cccc(C)c1)NCc1ccc(CN2CCC(O)CC2)cc1.I. The normalized spacial score (nSPS) is 15.5. The van der Waals surface area contributed by atoms with E-state index in [1.54, 1.807) is 0 Å². The third kappa shape index (κ3) is 8.24. The molecule has 1 heterocycles. The maximum atomic E-state index is 9.64. The lowest BCUT2D eigenvalue weighted by Gasteiger charge is -2.29.